The summed E-state index contributed by atoms with van der Waals surface area (Å²) in [5.41, 5.74) is 1.09. The van der Waals surface area contributed by atoms with E-state index < -0.39 is 0 Å². The molecule has 1 aromatic rings. The van der Waals surface area contributed by atoms with E-state index in [4.69, 9.17) is 4.74 Å². The van der Waals surface area contributed by atoms with E-state index in [0.29, 0.717) is 26.1 Å². The first-order chi connectivity index (χ1) is 11.6. The first-order valence-electron chi connectivity index (χ1n) is 8.49. The lowest BCUT2D eigenvalue weighted by molar-refractivity contribution is -0.140. The summed E-state index contributed by atoms with van der Waals surface area (Å²) in [5, 5.41) is 0. The number of benzene rings is 1. The Kier molecular flexibility index (Phi) is 5.04. The number of carbonyl (C=O) groups is 2. The minimum absolute atomic E-state index is 0.0400. The summed E-state index contributed by atoms with van der Waals surface area (Å²) in [6, 6.07) is 8.06. The highest BCUT2D eigenvalue weighted by atomic mass is 16.5. The normalized spacial score (nSPS) is 22.1. The van der Waals surface area contributed by atoms with E-state index in [0.717, 1.165) is 24.3 Å². The van der Waals surface area contributed by atoms with Gasteiger partial charge in [-0.15, -0.1) is 0 Å². The number of amides is 2. The van der Waals surface area contributed by atoms with Crippen LogP contribution in [0.4, 0.5) is 0 Å². The molecule has 2 aliphatic rings. The van der Waals surface area contributed by atoms with E-state index in [1.165, 1.54) is 0 Å². The molecule has 0 N–H and O–H groups in total. The highest BCUT2D eigenvalue weighted by Crippen LogP contribution is 2.31. The average Bonchev–Trinajstić information content (AvgIpc) is 3.00. The number of nitrogens with zero attached hydrogens (tertiary/aromatic N) is 3. The summed E-state index contributed by atoms with van der Waals surface area (Å²) >= 11 is 0. The maximum atomic E-state index is 12.6. The van der Waals surface area contributed by atoms with Crippen LogP contribution in [0.5, 0.6) is 5.75 Å². The summed E-state index contributed by atoms with van der Waals surface area (Å²) in [4.78, 5) is 30.2. The van der Waals surface area contributed by atoms with Crippen LogP contribution < -0.4 is 4.74 Å². The molecule has 2 aliphatic heterocycles. The molecule has 0 spiro atoms. The lowest BCUT2D eigenvalue weighted by Crippen LogP contribution is -2.51. The van der Waals surface area contributed by atoms with Gasteiger partial charge in [-0.1, -0.05) is 18.2 Å². The number of ether oxygens (including phenoxy) is 1. The minimum atomic E-state index is 0.0400. The van der Waals surface area contributed by atoms with Gasteiger partial charge in [0.1, 0.15) is 5.75 Å². The Morgan fingerprint density at radius 3 is 2.75 bits per heavy atom. The number of methoxy groups -OCH3 is 1. The lowest BCUT2D eigenvalue weighted by atomic mass is 10.0. The summed E-state index contributed by atoms with van der Waals surface area (Å²) < 4.78 is 5.48. The first-order valence-corrected chi connectivity index (χ1v) is 8.49. The first kappa shape index (κ1) is 16.8. The van der Waals surface area contributed by atoms with E-state index in [1.54, 1.807) is 12.0 Å². The lowest BCUT2D eigenvalue weighted by Gasteiger charge is -2.40. The Balaban J connectivity index is 1.71. The molecule has 0 bridgehead atoms. The molecule has 24 heavy (non-hydrogen) atoms. The van der Waals surface area contributed by atoms with Crippen molar-refractivity contribution in [3.63, 3.8) is 0 Å². The number of carbonyl (C=O) groups excluding carboxylic acids is 2. The van der Waals surface area contributed by atoms with E-state index in [-0.39, 0.29) is 24.4 Å². The van der Waals surface area contributed by atoms with Crippen molar-refractivity contribution in [3.8, 4) is 5.75 Å². The zero-order valence-electron chi connectivity index (χ0n) is 14.4. The molecule has 6 nitrogen and oxygen atoms in total. The molecule has 0 aliphatic carbocycles. The largest absolute Gasteiger partial charge is 0.496 e. The van der Waals surface area contributed by atoms with Crippen molar-refractivity contribution in [2.24, 2.45) is 0 Å². The van der Waals surface area contributed by atoms with E-state index >= 15 is 0 Å². The fourth-order valence-corrected chi connectivity index (χ4v) is 3.51. The summed E-state index contributed by atoms with van der Waals surface area (Å²) in [6.07, 6.45) is 1.43. The van der Waals surface area contributed by atoms with Crippen LogP contribution in [0.15, 0.2) is 24.3 Å². The summed E-state index contributed by atoms with van der Waals surface area (Å²) in [7, 11) is 3.74. The third-order valence-electron chi connectivity index (χ3n) is 5.00. The van der Waals surface area contributed by atoms with E-state index in [2.05, 4.69) is 18.0 Å². The van der Waals surface area contributed by atoms with Gasteiger partial charge in [-0.3, -0.25) is 14.5 Å². The summed E-state index contributed by atoms with van der Waals surface area (Å²) in [5.74, 6) is 0.982. The third-order valence-corrected chi connectivity index (χ3v) is 5.00. The van der Waals surface area contributed by atoms with Gasteiger partial charge in [0.25, 0.3) is 0 Å². The van der Waals surface area contributed by atoms with Gasteiger partial charge in [-0.2, -0.15) is 0 Å². The third kappa shape index (κ3) is 3.38. The molecule has 2 heterocycles. The van der Waals surface area contributed by atoms with Crippen molar-refractivity contribution >= 4 is 11.8 Å². The predicted molar refractivity (Wildman–Crippen MR) is 90.8 cm³/mol. The van der Waals surface area contributed by atoms with Crippen molar-refractivity contribution in [1.82, 2.24) is 14.7 Å². The molecule has 0 aromatic heterocycles. The Labute approximate surface area is 143 Å². The summed E-state index contributed by atoms with van der Waals surface area (Å²) in [6.45, 7) is 3.04. The zero-order chi connectivity index (χ0) is 17.1. The number of likely N-dealkylation sites (N-methyl/N-ethyl adjacent to an activating group) is 1. The molecule has 130 valence electrons. The Morgan fingerprint density at radius 1 is 1.25 bits per heavy atom. The number of hydrogen-bond acceptors (Lipinski definition) is 4. The molecule has 2 saturated heterocycles. The Hall–Kier alpha value is -2.08. The van der Waals surface area contributed by atoms with Gasteiger partial charge in [-0.05, 0) is 19.5 Å². The number of hydrogen-bond donors (Lipinski definition) is 0. The van der Waals surface area contributed by atoms with Crippen molar-refractivity contribution in [3.05, 3.63) is 29.8 Å². The van der Waals surface area contributed by atoms with Crippen LogP contribution in [0.2, 0.25) is 0 Å². The monoisotopic (exact) mass is 331 g/mol. The predicted octanol–water partition coefficient (Wildman–Crippen LogP) is 1.13. The standard InChI is InChI=1S/C18H25N3O3/c1-19-10-11-21(18(23)13-20-9-5-8-17(20)22)12-15(19)14-6-3-4-7-16(14)24-2/h3-4,6-7,15H,5,8-13H2,1-2H3. The van der Waals surface area contributed by atoms with Crippen molar-refractivity contribution < 1.29 is 14.3 Å². The van der Waals surface area contributed by atoms with Crippen LogP contribution in [0, 0.1) is 0 Å². The van der Waals surface area contributed by atoms with E-state index in [1.807, 2.05) is 23.1 Å². The molecule has 2 amide bonds. The number of piperazine rings is 1. The smallest absolute Gasteiger partial charge is 0.242 e. The second-order valence-corrected chi connectivity index (χ2v) is 6.50. The van der Waals surface area contributed by atoms with Gasteiger partial charge in [-0.25, -0.2) is 0 Å². The highest BCUT2D eigenvalue weighted by Gasteiger charge is 2.32. The molecular weight excluding hydrogens is 306 g/mol. The average molecular weight is 331 g/mol. The van der Waals surface area contributed by atoms with Gasteiger partial charge in [0.2, 0.25) is 11.8 Å². The van der Waals surface area contributed by atoms with Crippen molar-refractivity contribution in [2.45, 2.75) is 18.9 Å². The minimum Gasteiger partial charge on any atom is -0.496 e. The molecule has 3 rings (SSSR count). The molecule has 6 heteroatoms. The molecule has 0 radical (unpaired) electrons. The topological polar surface area (TPSA) is 53.1 Å². The van der Waals surface area contributed by atoms with E-state index in [9.17, 15) is 9.59 Å². The molecule has 1 unspecified atom stereocenters. The number of likely N-dealkylation sites (tertiary alicyclic amines) is 1. The van der Waals surface area contributed by atoms with Gasteiger partial charge in [0.15, 0.2) is 0 Å². The van der Waals surface area contributed by atoms with Crippen LogP contribution in [-0.4, -0.2) is 73.4 Å². The van der Waals surface area contributed by atoms with Crippen LogP contribution in [0.3, 0.4) is 0 Å². The van der Waals surface area contributed by atoms with Crippen LogP contribution in [0.1, 0.15) is 24.4 Å². The number of rotatable bonds is 4. The molecule has 0 saturated carbocycles. The molecule has 2 fully saturated rings. The molecule has 1 atom stereocenters. The van der Waals surface area contributed by atoms with Crippen molar-refractivity contribution in [1.29, 1.82) is 0 Å². The maximum absolute atomic E-state index is 12.6. The number of para-hydroxylation sites is 1. The quantitative estimate of drug-likeness (QED) is 0.830. The van der Waals surface area contributed by atoms with Crippen LogP contribution >= 0.6 is 0 Å². The van der Waals surface area contributed by atoms with Crippen LogP contribution in [0.25, 0.3) is 0 Å². The fraction of sp³-hybridized carbons (Fsp3) is 0.556. The van der Waals surface area contributed by atoms with Gasteiger partial charge in [0, 0.05) is 38.2 Å². The Bertz CT molecular complexity index is 619. The second-order valence-electron chi connectivity index (χ2n) is 6.50. The maximum Gasteiger partial charge on any atom is 0.242 e. The van der Waals surface area contributed by atoms with Crippen molar-refractivity contribution in [2.75, 3.05) is 46.9 Å². The molecule has 1 aromatic carbocycles. The highest BCUT2D eigenvalue weighted by molar-refractivity contribution is 5.86. The molecular formula is C18H25N3O3. The SMILES string of the molecule is COc1ccccc1C1CN(C(=O)CN2CCCC2=O)CCN1C. The van der Waals surface area contributed by atoms with Gasteiger partial charge >= 0.3 is 0 Å². The second kappa shape index (κ2) is 7.21. The fourth-order valence-electron chi connectivity index (χ4n) is 3.51. The zero-order valence-corrected chi connectivity index (χ0v) is 14.4. The van der Waals surface area contributed by atoms with Gasteiger partial charge < -0.3 is 14.5 Å². The Morgan fingerprint density at radius 2 is 2.04 bits per heavy atom. The van der Waals surface area contributed by atoms with Crippen LogP contribution in [-0.2, 0) is 9.59 Å². The van der Waals surface area contributed by atoms with Gasteiger partial charge in [0.05, 0.1) is 19.7 Å².